The maximum Gasteiger partial charge on any atom is 0.284 e. The van der Waals surface area contributed by atoms with E-state index in [-0.39, 0.29) is 17.3 Å². The minimum Gasteiger partial charge on any atom is -0.319 e. The van der Waals surface area contributed by atoms with Gasteiger partial charge in [-0.2, -0.15) is 5.10 Å². The van der Waals surface area contributed by atoms with Crippen LogP contribution < -0.4 is 5.32 Å². The number of nitrogens with zero attached hydrogens (tertiary/aromatic N) is 4. The van der Waals surface area contributed by atoms with Crippen LogP contribution in [0, 0.1) is 5.92 Å². The predicted molar refractivity (Wildman–Crippen MR) is 101 cm³/mol. The van der Waals surface area contributed by atoms with E-state index in [4.69, 9.17) is 0 Å². The van der Waals surface area contributed by atoms with E-state index in [1.54, 1.807) is 23.0 Å². The molecule has 1 N–H and O–H groups in total. The van der Waals surface area contributed by atoms with Gasteiger partial charge in [0.1, 0.15) is 5.52 Å². The molecule has 1 fully saturated rings. The summed E-state index contributed by atoms with van der Waals surface area (Å²) in [4.78, 5) is 21.1. The lowest BCUT2D eigenvalue weighted by Gasteiger charge is -2.26. The number of amides is 1. The Balaban J connectivity index is 1.62. The number of carbonyl (C=O) groups is 1. The van der Waals surface area contributed by atoms with Gasteiger partial charge in [0.05, 0.1) is 22.8 Å². The average molecular weight is 385 g/mol. The zero-order chi connectivity index (χ0) is 19.7. The smallest absolute Gasteiger partial charge is 0.284 e. The van der Waals surface area contributed by atoms with E-state index >= 15 is 0 Å². The summed E-state index contributed by atoms with van der Waals surface area (Å²) in [5.41, 5.74) is 0.911. The Morgan fingerprint density at radius 2 is 1.96 bits per heavy atom. The van der Waals surface area contributed by atoms with Gasteiger partial charge in [-0.05, 0) is 49.8 Å². The summed E-state index contributed by atoms with van der Waals surface area (Å²) in [6, 6.07) is 5.08. The van der Waals surface area contributed by atoms with Crippen molar-refractivity contribution in [3.63, 3.8) is 0 Å². The van der Waals surface area contributed by atoms with Crippen LogP contribution >= 0.6 is 0 Å². The molecular weight excluding hydrogens is 364 g/mol. The molecule has 3 aromatic heterocycles. The molecule has 6 nitrogen and oxygen atoms in total. The number of hydrogen-bond acceptors (Lipinski definition) is 4. The van der Waals surface area contributed by atoms with Crippen LogP contribution in [-0.4, -0.2) is 25.7 Å². The molecule has 3 aromatic rings. The van der Waals surface area contributed by atoms with Crippen molar-refractivity contribution in [3.05, 3.63) is 48.0 Å². The molecule has 0 atom stereocenters. The average Bonchev–Trinajstić information content (AvgIpc) is 3.12. The van der Waals surface area contributed by atoms with E-state index in [0.29, 0.717) is 17.0 Å². The van der Waals surface area contributed by atoms with Gasteiger partial charge in [-0.3, -0.25) is 19.4 Å². The maximum absolute atomic E-state index is 13.5. The van der Waals surface area contributed by atoms with Gasteiger partial charge >= 0.3 is 0 Å². The lowest BCUT2D eigenvalue weighted by atomic mass is 9.87. The second kappa shape index (κ2) is 7.61. The minimum atomic E-state index is -2.77. The van der Waals surface area contributed by atoms with Crippen molar-refractivity contribution in [3.8, 4) is 0 Å². The Hall–Kier alpha value is -2.90. The van der Waals surface area contributed by atoms with Gasteiger partial charge in [0.15, 0.2) is 5.69 Å². The van der Waals surface area contributed by atoms with Gasteiger partial charge < -0.3 is 5.32 Å². The first-order valence-electron chi connectivity index (χ1n) is 9.41. The van der Waals surface area contributed by atoms with Gasteiger partial charge in [-0.1, -0.05) is 6.92 Å². The van der Waals surface area contributed by atoms with E-state index < -0.39 is 18.0 Å². The topological polar surface area (TPSA) is 72.7 Å². The number of rotatable bonds is 4. The molecule has 28 heavy (non-hydrogen) atoms. The van der Waals surface area contributed by atoms with Gasteiger partial charge in [0, 0.05) is 18.6 Å². The van der Waals surface area contributed by atoms with Crippen LogP contribution in [0.2, 0.25) is 0 Å². The third kappa shape index (κ3) is 3.58. The lowest BCUT2D eigenvalue weighted by molar-refractivity contribution is 0.102. The summed E-state index contributed by atoms with van der Waals surface area (Å²) in [7, 11) is 0. The molecule has 3 heterocycles. The highest BCUT2D eigenvalue weighted by atomic mass is 19.3. The van der Waals surface area contributed by atoms with Crippen LogP contribution in [0.15, 0.2) is 36.8 Å². The molecule has 1 aliphatic rings. The SMILES string of the molecule is CC1CCC(n2cc(NC(=O)c3ccnc4cccnc34)c(C(F)F)n2)CC1. The molecule has 0 unspecified atom stereocenters. The van der Waals surface area contributed by atoms with Crippen LogP contribution in [0.1, 0.15) is 61.1 Å². The fourth-order valence-corrected chi connectivity index (χ4v) is 3.71. The van der Waals surface area contributed by atoms with Crippen molar-refractivity contribution in [1.82, 2.24) is 19.7 Å². The molecule has 1 amide bonds. The number of carbonyl (C=O) groups excluding carboxylic acids is 1. The summed E-state index contributed by atoms with van der Waals surface area (Å²) >= 11 is 0. The van der Waals surface area contributed by atoms with E-state index in [9.17, 15) is 13.6 Å². The van der Waals surface area contributed by atoms with E-state index in [0.717, 1.165) is 25.7 Å². The largest absolute Gasteiger partial charge is 0.319 e. The van der Waals surface area contributed by atoms with Crippen molar-refractivity contribution in [1.29, 1.82) is 0 Å². The van der Waals surface area contributed by atoms with Crippen LogP contribution in [-0.2, 0) is 0 Å². The zero-order valence-corrected chi connectivity index (χ0v) is 15.5. The molecule has 0 saturated heterocycles. The second-order valence-electron chi connectivity index (χ2n) is 7.31. The number of aromatic nitrogens is 4. The number of alkyl halides is 2. The van der Waals surface area contributed by atoms with Crippen molar-refractivity contribution >= 4 is 22.6 Å². The predicted octanol–water partition coefficient (Wildman–Crippen LogP) is 4.77. The Labute approximate surface area is 161 Å². The third-order valence-corrected chi connectivity index (χ3v) is 5.32. The first-order valence-corrected chi connectivity index (χ1v) is 9.41. The van der Waals surface area contributed by atoms with Gasteiger partial charge in [0.25, 0.3) is 12.3 Å². The summed E-state index contributed by atoms with van der Waals surface area (Å²) in [6.07, 6.45) is 5.71. The number of halogens is 2. The normalized spacial score (nSPS) is 19.9. The second-order valence-corrected chi connectivity index (χ2v) is 7.31. The maximum atomic E-state index is 13.5. The lowest BCUT2D eigenvalue weighted by Crippen LogP contribution is -2.17. The number of pyridine rings is 2. The molecule has 1 aliphatic carbocycles. The Kier molecular flexibility index (Phi) is 5.02. The number of nitrogens with one attached hydrogen (secondary N) is 1. The van der Waals surface area contributed by atoms with E-state index in [2.05, 4.69) is 27.3 Å². The molecule has 0 spiro atoms. The zero-order valence-electron chi connectivity index (χ0n) is 15.5. The van der Waals surface area contributed by atoms with Crippen LogP contribution in [0.25, 0.3) is 11.0 Å². The molecule has 0 radical (unpaired) electrons. The third-order valence-electron chi connectivity index (χ3n) is 5.32. The summed E-state index contributed by atoms with van der Waals surface area (Å²) in [6.45, 7) is 2.20. The van der Waals surface area contributed by atoms with Crippen molar-refractivity contribution in [2.45, 2.75) is 45.1 Å². The summed E-state index contributed by atoms with van der Waals surface area (Å²) in [5.74, 6) is 0.137. The molecule has 8 heteroatoms. The minimum absolute atomic E-state index is 0.0412. The fourth-order valence-electron chi connectivity index (χ4n) is 3.71. The molecule has 0 aliphatic heterocycles. The standard InChI is InChI=1S/C20H21F2N5O/c1-12-4-6-13(7-5-12)27-11-16(18(26-27)19(21)22)25-20(28)14-8-10-23-15-3-2-9-24-17(14)15/h2-3,8-13,19H,4-7H2,1H3,(H,25,28). The molecule has 1 saturated carbocycles. The van der Waals surface area contributed by atoms with Crippen molar-refractivity contribution < 1.29 is 13.6 Å². The highest BCUT2D eigenvalue weighted by Gasteiger charge is 2.26. The monoisotopic (exact) mass is 385 g/mol. The molecular formula is C20H21F2N5O. The molecule has 0 bridgehead atoms. The van der Waals surface area contributed by atoms with Gasteiger partial charge in [-0.25, -0.2) is 8.78 Å². The fraction of sp³-hybridized carbons (Fsp3) is 0.400. The molecule has 146 valence electrons. The van der Waals surface area contributed by atoms with Crippen molar-refractivity contribution in [2.75, 3.05) is 5.32 Å². The van der Waals surface area contributed by atoms with Gasteiger partial charge in [0.2, 0.25) is 0 Å². The first-order chi connectivity index (χ1) is 13.5. The highest BCUT2D eigenvalue weighted by Crippen LogP contribution is 2.34. The summed E-state index contributed by atoms with van der Waals surface area (Å²) in [5, 5.41) is 6.69. The first kappa shape index (κ1) is 18.5. The van der Waals surface area contributed by atoms with E-state index in [1.807, 2.05) is 0 Å². The Bertz CT molecular complexity index is 990. The van der Waals surface area contributed by atoms with Gasteiger partial charge in [-0.15, -0.1) is 0 Å². The highest BCUT2D eigenvalue weighted by molar-refractivity contribution is 6.11. The quantitative estimate of drug-likeness (QED) is 0.702. The molecule has 0 aromatic carbocycles. The van der Waals surface area contributed by atoms with Crippen LogP contribution in [0.3, 0.4) is 0 Å². The van der Waals surface area contributed by atoms with Crippen LogP contribution in [0.5, 0.6) is 0 Å². The number of anilines is 1. The summed E-state index contributed by atoms with van der Waals surface area (Å²) < 4.78 is 28.6. The van der Waals surface area contributed by atoms with Crippen LogP contribution in [0.4, 0.5) is 14.5 Å². The van der Waals surface area contributed by atoms with Crippen molar-refractivity contribution in [2.24, 2.45) is 5.92 Å². The number of hydrogen-bond donors (Lipinski definition) is 1. The number of fused-ring (bicyclic) bond motifs is 1. The van der Waals surface area contributed by atoms with E-state index in [1.165, 1.54) is 18.5 Å². The Morgan fingerprint density at radius 3 is 2.71 bits per heavy atom. The Morgan fingerprint density at radius 1 is 1.18 bits per heavy atom. The molecule has 4 rings (SSSR count).